The zero-order chi connectivity index (χ0) is 27.1. The van der Waals surface area contributed by atoms with E-state index in [1.54, 1.807) is 23.9 Å². The largest absolute Gasteiger partial charge is 0.493 e. The topological polar surface area (TPSA) is 159 Å². The maximum absolute atomic E-state index is 12.4. The van der Waals surface area contributed by atoms with E-state index in [1.165, 1.54) is 6.20 Å². The number of aryl methyl sites for hydroxylation is 2. The van der Waals surface area contributed by atoms with Gasteiger partial charge >= 0.3 is 11.9 Å². The van der Waals surface area contributed by atoms with Crippen molar-refractivity contribution in [1.29, 1.82) is 0 Å². The van der Waals surface area contributed by atoms with Gasteiger partial charge in [0.15, 0.2) is 11.6 Å². The van der Waals surface area contributed by atoms with Crippen LogP contribution >= 0.6 is 11.8 Å². The molecule has 0 aliphatic rings. The zero-order valence-electron chi connectivity index (χ0n) is 21.1. The van der Waals surface area contributed by atoms with Crippen LogP contribution in [0, 0.1) is 0 Å². The predicted octanol–water partition coefficient (Wildman–Crippen LogP) is 6.19. The van der Waals surface area contributed by atoms with Crippen molar-refractivity contribution in [3.05, 3.63) is 65.5 Å². The van der Waals surface area contributed by atoms with E-state index in [2.05, 4.69) is 27.1 Å². The van der Waals surface area contributed by atoms with Crippen LogP contribution in [0.3, 0.4) is 0 Å². The number of hydrogen-bond acceptors (Lipinski definition) is 7. The monoisotopic (exact) mass is 534 g/mol. The Kier molecular flexibility index (Phi) is 8.80. The molecule has 10 nitrogen and oxygen atoms in total. The van der Waals surface area contributed by atoms with Crippen molar-refractivity contribution in [3.8, 4) is 5.88 Å². The van der Waals surface area contributed by atoms with Gasteiger partial charge in [-0.3, -0.25) is 4.79 Å². The number of carboxylic acid groups (broad SMARTS) is 1. The van der Waals surface area contributed by atoms with Crippen LogP contribution in [0.25, 0.3) is 10.9 Å². The number of H-pyrrole nitrogens is 1. The first kappa shape index (κ1) is 26.9. The number of nitrogens with zero attached hydrogens (tertiary/aromatic N) is 4. The third kappa shape index (κ3) is 6.41. The molecule has 2 aromatic carbocycles. The summed E-state index contributed by atoms with van der Waals surface area (Å²) in [6.45, 7) is 2.75. The molecular weight excluding hydrogens is 504 g/mol. The van der Waals surface area contributed by atoms with E-state index in [9.17, 15) is 14.7 Å². The first-order chi connectivity index (χ1) is 18.4. The summed E-state index contributed by atoms with van der Waals surface area (Å²) in [5.74, 6) is -0.627. The van der Waals surface area contributed by atoms with Crippen molar-refractivity contribution in [1.82, 2.24) is 14.5 Å². The van der Waals surface area contributed by atoms with Crippen LogP contribution in [0.4, 0.5) is 11.6 Å². The minimum Gasteiger partial charge on any atom is -0.493 e. The molecule has 0 radical (unpaired) electrons. The number of anilines is 1. The maximum atomic E-state index is 12.4. The number of aromatic carboxylic acids is 1. The summed E-state index contributed by atoms with van der Waals surface area (Å²) >= 11 is 1.68. The molecule has 0 saturated heterocycles. The number of nitrogens with two attached hydrogens (primary N) is 1. The van der Waals surface area contributed by atoms with Gasteiger partial charge in [-0.05, 0) is 60.9 Å². The summed E-state index contributed by atoms with van der Waals surface area (Å²) in [4.78, 5) is 30.9. The molecule has 198 valence electrons. The summed E-state index contributed by atoms with van der Waals surface area (Å²) in [5.41, 5.74) is 8.11. The van der Waals surface area contributed by atoms with Gasteiger partial charge in [-0.1, -0.05) is 31.9 Å². The van der Waals surface area contributed by atoms with Crippen LogP contribution in [-0.2, 0) is 13.0 Å². The Hall–Kier alpha value is -4.12. The highest BCUT2D eigenvalue weighted by Gasteiger charge is 2.18. The molecule has 4 aromatic rings. The fourth-order valence-electron chi connectivity index (χ4n) is 4.11. The van der Waals surface area contributed by atoms with Crippen molar-refractivity contribution >= 4 is 46.2 Å². The van der Waals surface area contributed by atoms with Crippen LogP contribution in [0.5, 0.6) is 5.88 Å². The van der Waals surface area contributed by atoms with Crippen LogP contribution < -0.4 is 5.73 Å². The molecule has 0 aliphatic heterocycles. The summed E-state index contributed by atoms with van der Waals surface area (Å²) in [5, 5.41) is 28.7. The second kappa shape index (κ2) is 12.4. The van der Waals surface area contributed by atoms with Crippen LogP contribution in [0.1, 0.15) is 59.0 Å². The number of aromatic hydroxyl groups is 1. The van der Waals surface area contributed by atoms with E-state index in [4.69, 9.17) is 10.8 Å². The maximum Gasteiger partial charge on any atom is 0.335 e. The smallest absolute Gasteiger partial charge is 0.335 e. The number of nitrogens with one attached hydrogen (secondary N) is 1. The molecule has 0 fully saturated rings. The van der Waals surface area contributed by atoms with Crippen LogP contribution in [-0.4, -0.2) is 42.4 Å². The average molecular weight is 535 g/mol. The molecule has 0 aliphatic carbocycles. The van der Waals surface area contributed by atoms with Gasteiger partial charge in [-0.2, -0.15) is 0 Å². The molecule has 0 bridgehead atoms. The molecule has 0 saturated carbocycles. The third-order valence-corrected chi connectivity index (χ3v) is 7.19. The summed E-state index contributed by atoms with van der Waals surface area (Å²) < 4.78 is 1.81. The average Bonchev–Trinajstić information content (AvgIpc) is 3.46. The molecule has 4 rings (SSSR count). The second-order valence-electron chi connectivity index (χ2n) is 8.85. The first-order valence-electron chi connectivity index (χ1n) is 12.4. The number of carbonyl (C=O) groups excluding carboxylic acids is 1. The van der Waals surface area contributed by atoms with Gasteiger partial charge in [0.05, 0.1) is 17.3 Å². The summed E-state index contributed by atoms with van der Waals surface area (Å²) in [6, 6.07) is 12.9. The van der Waals surface area contributed by atoms with E-state index in [-0.39, 0.29) is 28.8 Å². The molecule has 2 heterocycles. The number of thioether (sulfide) groups is 1. The lowest BCUT2D eigenvalue weighted by Crippen LogP contribution is -1.97. The SMILES string of the molecule is CCCCCn1c(O)c(N=NC(=O)c2cnc(N)[nH]2)c2cc(SCCCc3ccc(C(=O)O)cc3)ccc21. The van der Waals surface area contributed by atoms with Gasteiger partial charge in [0.1, 0.15) is 5.69 Å². The number of unbranched alkanes of at least 4 members (excludes halogenated alkanes) is 2. The first-order valence-corrected chi connectivity index (χ1v) is 13.4. The normalized spacial score (nSPS) is 11.5. The number of imidazole rings is 1. The number of aromatic nitrogens is 3. The molecule has 5 N–H and O–H groups in total. The lowest BCUT2D eigenvalue weighted by atomic mass is 10.1. The van der Waals surface area contributed by atoms with Gasteiger partial charge in [-0.15, -0.1) is 22.0 Å². The highest BCUT2D eigenvalue weighted by Crippen LogP contribution is 2.41. The summed E-state index contributed by atoms with van der Waals surface area (Å²) in [6.07, 6.45) is 6.03. The van der Waals surface area contributed by atoms with E-state index in [1.807, 2.05) is 34.9 Å². The Morgan fingerprint density at radius 3 is 2.61 bits per heavy atom. The minimum atomic E-state index is -0.929. The zero-order valence-corrected chi connectivity index (χ0v) is 21.9. The lowest BCUT2D eigenvalue weighted by molar-refractivity contribution is 0.0696. The quantitative estimate of drug-likeness (QED) is 0.0957. The Labute approximate surface area is 224 Å². The van der Waals surface area contributed by atoms with Crippen LogP contribution in [0.15, 0.2) is 63.8 Å². The number of benzene rings is 2. The van der Waals surface area contributed by atoms with Crippen LogP contribution in [0.2, 0.25) is 0 Å². The molecular formula is C27H30N6O4S. The van der Waals surface area contributed by atoms with E-state index < -0.39 is 11.9 Å². The van der Waals surface area contributed by atoms with Crippen molar-refractivity contribution in [2.75, 3.05) is 11.5 Å². The number of aromatic amines is 1. The molecule has 38 heavy (non-hydrogen) atoms. The summed E-state index contributed by atoms with van der Waals surface area (Å²) in [7, 11) is 0. The highest BCUT2D eigenvalue weighted by molar-refractivity contribution is 7.99. The Balaban J connectivity index is 1.50. The molecule has 0 spiro atoms. The van der Waals surface area contributed by atoms with Gasteiger partial charge in [0, 0.05) is 16.8 Å². The van der Waals surface area contributed by atoms with Crippen molar-refractivity contribution in [2.24, 2.45) is 10.2 Å². The third-order valence-electron chi connectivity index (χ3n) is 6.11. The van der Waals surface area contributed by atoms with Gasteiger partial charge in [0.25, 0.3) is 0 Å². The molecule has 11 heteroatoms. The number of carboxylic acids is 1. The van der Waals surface area contributed by atoms with E-state index in [0.717, 1.165) is 53.8 Å². The number of fused-ring (bicyclic) bond motifs is 1. The highest BCUT2D eigenvalue weighted by atomic mass is 32.2. The number of rotatable bonds is 12. The van der Waals surface area contributed by atoms with Gasteiger partial charge in [0.2, 0.25) is 5.88 Å². The fourth-order valence-corrected chi connectivity index (χ4v) is 5.00. The number of nitrogen functional groups attached to an aromatic ring is 1. The second-order valence-corrected chi connectivity index (χ2v) is 10.0. The fraction of sp³-hybridized carbons (Fsp3) is 0.296. The van der Waals surface area contributed by atoms with Gasteiger partial charge < -0.3 is 25.5 Å². The lowest BCUT2D eigenvalue weighted by Gasteiger charge is -2.07. The van der Waals surface area contributed by atoms with E-state index >= 15 is 0 Å². The number of azo groups is 1. The van der Waals surface area contributed by atoms with Crippen molar-refractivity contribution in [2.45, 2.75) is 50.5 Å². The standard InChI is InChI=1S/C27H30N6O4S/c1-2-3-4-13-33-22-12-11-19(38-14-5-6-17-7-9-18(10-8-17)26(36)37)15-20(22)23(25(33)35)31-32-24(34)21-16-29-27(28)30-21/h7-12,15-16,35H,2-6,13-14H2,1H3,(H,36,37)(H3,28,29,30). The Bertz CT molecular complexity index is 1460. The molecule has 1 amide bonds. The predicted molar refractivity (Wildman–Crippen MR) is 147 cm³/mol. The van der Waals surface area contributed by atoms with Crippen molar-refractivity contribution < 1.29 is 19.8 Å². The Morgan fingerprint density at radius 1 is 1.13 bits per heavy atom. The number of carbonyl (C=O) groups is 2. The van der Waals surface area contributed by atoms with Gasteiger partial charge in [-0.25, -0.2) is 9.78 Å². The Morgan fingerprint density at radius 2 is 1.92 bits per heavy atom. The minimum absolute atomic E-state index is 0.0243. The van der Waals surface area contributed by atoms with Crippen molar-refractivity contribution in [3.63, 3.8) is 0 Å². The molecule has 2 aromatic heterocycles. The van der Waals surface area contributed by atoms with E-state index in [0.29, 0.717) is 11.9 Å². The molecule has 0 atom stereocenters. The number of amides is 1. The molecule has 0 unspecified atom stereocenters. The number of hydrogen-bond donors (Lipinski definition) is 4.